The van der Waals surface area contributed by atoms with Gasteiger partial charge in [-0.25, -0.2) is 4.98 Å². The summed E-state index contributed by atoms with van der Waals surface area (Å²) in [6.07, 6.45) is 7.79. The normalized spacial score (nSPS) is 20.6. The fourth-order valence-corrected chi connectivity index (χ4v) is 3.55. The molecule has 1 aromatic rings. The first-order chi connectivity index (χ1) is 8.30. The largest absolute Gasteiger partial charge is 0.377 e. The summed E-state index contributed by atoms with van der Waals surface area (Å²) in [5.41, 5.74) is 0.0294. The lowest BCUT2D eigenvalue weighted by Crippen LogP contribution is -2.51. The summed E-state index contributed by atoms with van der Waals surface area (Å²) < 4.78 is 5.88. The molecule has 0 aliphatic heterocycles. The van der Waals surface area contributed by atoms with Crippen LogP contribution in [0.1, 0.15) is 37.6 Å². The number of hydrogen-bond acceptors (Lipinski definition) is 4. The summed E-state index contributed by atoms with van der Waals surface area (Å²) in [5.74, 6) is 0. The lowest BCUT2D eigenvalue weighted by atomic mass is 9.89. The Morgan fingerprint density at radius 1 is 1.53 bits per heavy atom. The number of hydrogen-bond donors (Lipinski definition) is 1. The Kier molecular flexibility index (Phi) is 4.54. The van der Waals surface area contributed by atoms with Crippen molar-refractivity contribution >= 4 is 11.3 Å². The van der Waals surface area contributed by atoms with Crippen LogP contribution in [0.15, 0.2) is 11.6 Å². The second-order valence-corrected chi connectivity index (χ2v) is 5.70. The van der Waals surface area contributed by atoms with Crippen LogP contribution >= 0.6 is 11.3 Å². The molecular formula is C13H22N2OS. The highest BCUT2D eigenvalue weighted by Crippen LogP contribution is 2.36. The molecule has 1 aliphatic carbocycles. The Labute approximate surface area is 108 Å². The molecule has 0 radical (unpaired) electrons. The zero-order valence-corrected chi connectivity index (χ0v) is 11.6. The van der Waals surface area contributed by atoms with Crippen molar-refractivity contribution in [3.63, 3.8) is 0 Å². The quantitative estimate of drug-likeness (QED) is 0.847. The van der Waals surface area contributed by atoms with Crippen molar-refractivity contribution in [2.45, 2.75) is 50.7 Å². The van der Waals surface area contributed by atoms with E-state index < -0.39 is 0 Å². The topological polar surface area (TPSA) is 34.2 Å². The predicted octanol–water partition coefficient (Wildman–Crippen LogP) is 2.62. The maximum absolute atomic E-state index is 5.88. The summed E-state index contributed by atoms with van der Waals surface area (Å²) in [4.78, 5) is 4.40. The van der Waals surface area contributed by atoms with Crippen LogP contribution < -0.4 is 5.32 Å². The molecule has 1 saturated carbocycles. The first-order valence-electron chi connectivity index (χ1n) is 6.47. The zero-order valence-electron chi connectivity index (χ0n) is 10.7. The lowest BCUT2D eigenvalue weighted by molar-refractivity contribution is -0.0351. The monoisotopic (exact) mass is 254 g/mol. The Morgan fingerprint density at radius 2 is 2.29 bits per heavy atom. The maximum atomic E-state index is 5.88. The van der Waals surface area contributed by atoms with Crippen molar-refractivity contribution < 1.29 is 4.74 Å². The number of ether oxygens (including phenoxy) is 1. The van der Waals surface area contributed by atoms with Crippen molar-refractivity contribution in [2.75, 3.05) is 13.7 Å². The van der Waals surface area contributed by atoms with Crippen LogP contribution in [0, 0.1) is 0 Å². The third-order valence-corrected chi connectivity index (χ3v) is 4.61. The van der Waals surface area contributed by atoms with Gasteiger partial charge >= 0.3 is 0 Å². The first-order valence-corrected chi connectivity index (χ1v) is 7.35. The molecule has 4 heteroatoms. The van der Waals surface area contributed by atoms with Gasteiger partial charge in [-0.1, -0.05) is 19.8 Å². The third kappa shape index (κ3) is 2.87. The Bertz CT molecular complexity index is 320. The fraction of sp³-hybridized carbons (Fsp3) is 0.769. The molecule has 1 N–H and O–H groups in total. The summed E-state index contributed by atoms with van der Waals surface area (Å²) in [6, 6.07) is 0.395. The van der Waals surface area contributed by atoms with Crippen molar-refractivity contribution in [2.24, 2.45) is 0 Å². The van der Waals surface area contributed by atoms with Gasteiger partial charge in [0, 0.05) is 31.1 Å². The van der Waals surface area contributed by atoms with Gasteiger partial charge < -0.3 is 10.1 Å². The Balaban J connectivity index is 2.09. The van der Waals surface area contributed by atoms with E-state index in [1.54, 1.807) is 11.3 Å². The van der Waals surface area contributed by atoms with Gasteiger partial charge in [-0.3, -0.25) is 0 Å². The van der Waals surface area contributed by atoms with E-state index in [1.807, 2.05) is 18.7 Å². The van der Waals surface area contributed by atoms with Gasteiger partial charge in [0.2, 0.25) is 0 Å². The van der Waals surface area contributed by atoms with Crippen molar-refractivity contribution in [3.05, 3.63) is 16.6 Å². The number of rotatable bonds is 6. The number of aromatic nitrogens is 1. The van der Waals surface area contributed by atoms with Crippen molar-refractivity contribution in [3.8, 4) is 0 Å². The average Bonchev–Trinajstić information content (AvgIpc) is 3.00. The number of likely N-dealkylation sites (N-methyl/N-ethyl adjacent to an activating group) is 1. The van der Waals surface area contributed by atoms with Crippen molar-refractivity contribution in [1.82, 2.24) is 10.3 Å². The SMILES string of the molecule is CCNC(Cc1nccs1)C1(OC)CCCC1. The highest BCUT2D eigenvalue weighted by molar-refractivity contribution is 7.09. The second kappa shape index (κ2) is 5.94. The summed E-state index contributed by atoms with van der Waals surface area (Å²) >= 11 is 1.74. The lowest BCUT2D eigenvalue weighted by Gasteiger charge is -2.36. The number of nitrogens with one attached hydrogen (secondary N) is 1. The van der Waals surface area contributed by atoms with Crippen LogP contribution in [-0.4, -0.2) is 30.3 Å². The van der Waals surface area contributed by atoms with Gasteiger partial charge in [0.25, 0.3) is 0 Å². The molecule has 0 aromatic carbocycles. The molecule has 1 aromatic heterocycles. The van der Waals surface area contributed by atoms with E-state index >= 15 is 0 Å². The molecule has 1 fully saturated rings. The average molecular weight is 254 g/mol. The van der Waals surface area contributed by atoms with Crippen LogP contribution in [0.2, 0.25) is 0 Å². The molecular weight excluding hydrogens is 232 g/mol. The molecule has 1 atom stereocenters. The third-order valence-electron chi connectivity index (χ3n) is 3.80. The minimum atomic E-state index is 0.0294. The maximum Gasteiger partial charge on any atom is 0.0941 e. The number of methoxy groups -OCH3 is 1. The molecule has 0 amide bonds. The molecule has 1 unspecified atom stereocenters. The van der Waals surface area contributed by atoms with E-state index in [0.29, 0.717) is 6.04 Å². The fourth-order valence-electron chi connectivity index (χ4n) is 2.89. The van der Waals surface area contributed by atoms with E-state index in [-0.39, 0.29) is 5.60 Å². The van der Waals surface area contributed by atoms with Crippen molar-refractivity contribution in [1.29, 1.82) is 0 Å². The first kappa shape index (κ1) is 13.0. The highest BCUT2D eigenvalue weighted by Gasteiger charge is 2.41. The van der Waals surface area contributed by atoms with Crippen LogP contribution in [0.25, 0.3) is 0 Å². The minimum absolute atomic E-state index is 0.0294. The van der Waals surface area contributed by atoms with Crippen LogP contribution in [-0.2, 0) is 11.2 Å². The van der Waals surface area contributed by atoms with E-state index in [4.69, 9.17) is 4.74 Å². The zero-order chi connectivity index (χ0) is 12.1. The molecule has 1 heterocycles. The minimum Gasteiger partial charge on any atom is -0.377 e. The van der Waals surface area contributed by atoms with E-state index in [2.05, 4.69) is 17.2 Å². The molecule has 2 rings (SSSR count). The smallest absolute Gasteiger partial charge is 0.0941 e. The van der Waals surface area contributed by atoms with Crippen LogP contribution in [0.3, 0.4) is 0 Å². The van der Waals surface area contributed by atoms with Gasteiger partial charge in [0.1, 0.15) is 0 Å². The van der Waals surface area contributed by atoms with Gasteiger partial charge in [-0.05, 0) is 19.4 Å². The summed E-state index contributed by atoms with van der Waals surface area (Å²) in [7, 11) is 1.86. The second-order valence-electron chi connectivity index (χ2n) is 4.72. The highest BCUT2D eigenvalue weighted by atomic mass is 32.1. The van der Waals surface area contributed by atoms with E-state index in [9.17, 15) is 0 Å². The molecule has 3 nitrogen and oxygen atoms in total. The molecule has 96 valence electrons. The van der Waals surface area contributed by atoms with Gasteiger partial charge in [0.05, 0.1) is 10.6 Å². The van der Waals surface area contributed by atoms with Gasteiger partial charge in [-0.2, -0.15) is 0 Å². The molecule has 17 heavy (non-hydrogen) atoms. The Hall–Kier alpha value is -0.450. The van der Waals surface area contributed by atoms with E-state index in [0.717, 1.165) is 13.0 Å². The molecule has 0 saturated heterocycles. The number of thiazole rings is 1. The van der Waals surface area contributed by atoms with E-state index in [1.165, 1.54) is 30.7 Å². The molecule has 0 spiro atoms. The molecule has 1 aliphatic rings. The standard InChI is InChI=1S/C13H22N2OS/c1-3-14-11(10-12-15-8-9-17-12)13(16-2)6-4-5-7-13/h8-9,11,14H,3-7,10H2,1-2H3. The summed E-state index contributed by atoms with van der Waals surface area (Å²) in [6.45, 7) is 3.15. The van der Waals surface area contributed by atoms with Crippen LogP contribution in [0.4, 0.5) is 0 Å². The number of nitrogens with zero attached hydrogens (tertiary/aromatic N) is 1. The summed E-state index contributed by atoms with van der Waals surface area (Å²) in [5, 5.41) is 6.85. The predicted molar refractivity (Wildman–Crippen MR) is 71.5 cm³/mol. The van der Waals surface area contributed by atoms with Gasteiger partial charge in [-0.15, -0.1) is 11.3 Å². The molecule has 0 bridgehead atoms. The van der Waals surface area contributed by atoms with Gasteiger partial charge in [0.15, 0.2) is 0 Å². The van der Waals surface area contributed by atoms with Crippen LogP contribution in [0.5, 0.6) is 0 Å². The Morgan fingerprint density at radius 3 is 2.82 bits per heavy atom.